The van der Waals surface area contributed by atoms with Gasteiger partial charge in [-0.1, -0.05) is 49.1 Å². The number of carbonyl (C=O) groups is 2. The molecule has 32 heavy (non-hydrogen) atoms. The van der Waals surface area contributed by atoms with Crippen LogP contribution in [0.1, 0.15) is 70.4 Å². The molecule has 168 valence electrons. The molecule has 0 radical (unpaired) electrons. The number of carbonyl (C=O) groups excluding carboxylic acids is 2. The predicted molar refractivity (Wildman–Crippen MR) is 129 cm³/mol. The second-order valence-corrected chi connectivity index (χ2v) is 8.88. The summed E-state index contributed by atoms with van der Waals surface area (Å²) in [6, 6.07) is 7.61. The zero-order chi connectivity index (χ0) is 23.4. The van der Waals surface area contributed by atoms with E-state index in [0.29, 0.717) is 22.6 Å². The van der Waals surface area contributed by atoms with Crippen molar-refractivity contribution < 1.29 is 19.1 Å². The second kappa shape index (κ2) is 9.99. The molecule has 0 aromatic heterocycles. The lowest BCUT2D eigenvalue weighted by Crippen LogP contribution is -2.19. The van der Waals surface area contributed by atoms with Crippen molar-refractivity contribution in [2.24, 2.45) is 0 Å². The molecule has 1 aliphatic carbocycles. The Kier molecular flexibility index (Phi) is 7.34. The molecular weight excluding hydrogens is 400 g/mol. The summed E-state index contributed by atoms with van der Waals surface area (Å²) in [5.41, 5.74) is 3.91. The van der Waals surface area contributed by atoms with Crippen LogP contribution >= 0.6 is 0 Å². The van der Waals surface area contributed by atoms with E-state index in [4.69, 9.17) is 9.47 Å². The van der Waals surface area contributed by atoms with Gasteiger partial charge >= 0.3 is 11.9 Å². The van der Waals surface area contributed by atoms with Crippen molar-refractivity contribution in [1.82, 2.24) is 0 Å². The van der Waals surface area contributed by atoms with Gasteiger partial charge in [0.25, 0.3) is 0 Å². The van der Waals surface area contributed by atoms with Crippen LogP contribution in [-0.4, -0.2) is 11.9 Å². The van der Waals surface area contributed by atoms with Crippen LogP contribution in [0.15, 0.2) is 60.2 Å². The van der Waals surface area contributed by atoms with Crippen molar-refractivity contribution in [3.63, 3.8) is 0 Å². The lowest BCUT2D eigenvalue weighted by atomic mass is 9.78. The van der Waals surface area contributed by atoms with E-state index in [1.54, 1.807) is 13.8 Å². The summed E-state index contributed by atoms with van der Waals surface area (Å²) >= 11 is 0. The zero-order valence-electron chi connectivity index (χ0n) is 19.5. The molecule has 0 N–H and O–H groups in total. The van der Waals surface area contributed by atoms with E-state index in [0.717, 1.165) is 54.0 Å². The van der Waals surface area contributed by atoms with Crippen LogP contribution in [0.25, 0.3) is 10.8 Å². The van der Waals surface area contributed by atoms with E-state index in [-0.39, 0.29) is 5.92 Å². The van der Waals surface area contributed by atoms with Crippen molar-refractivity contribution in [2.45, 2.75) is 65.7 Å². The smallest absolute Gasteiger partial charge is 0.338 e. The van der Waals surface area contributed by atoms with Gasteiger partial charge in [-0.15, -0.1) is 0 Å². The van der Waals surface area contributed by atoms with Gasteiger partial charge in [-0.2, -0.15) is 0 Å². The summed E-state index contributed by atoms with van der Waals surface area (Å²) in [5.74, 6) is 0.439. The minimum Gasteiger partial charge on any atom is -0.422 e. The van der Waals surface area contributed by atoms with Crippen molar-refractivity contribution in [3.8, 4) is 11.5 Å². The highest BCUT2D eigenvalue weighted by molar-refractivity contribution is 6.01. The number of ether oxygens (including phenoxy) is 2. The predicted octanol–water partition coefficient (Wildman–Crippen LogP) is 6.97. The van der Waals surface area contributed by atoms with Gasteiger partial charge in [-0.3, -0.25) is 0 Å². The summed E-state index contributed by atoms with van der Waals surface area (Å²) in [6.45, 7) is 15.0. The molecule has 1 aliphatic rings. The standard InChI is InChI=1S/C28H32O4/c1-17(2)11-9-12-20-13-10-16-23-24(20)26(32-28(30)19(5)6)22-15-8-7-14-21(22)25(23)31-27(29)18(3)4/h7-8,11,14-15,20H,3,5,9-10,12-13,16H2,1-2,4,6H3. The minimum atomic E-state index is -0.448. The van der Waals surface area contributed by atoms with Crippen molar-refractivity contribution >= 4 is 22.7 Å². The summed E-state index contributed by atoms with van der Waals surface area (Å²) in [4.78, 5) is 25.1. The molecule has 4 heteroatoms. The van der Waals surface area contributed by atoms with Crippen LogP contribution in [0.4, 0.5) is 0 Å². The number of benzene rings is 2. The first kappa shape index (κ1) is 23.5. The highest BCUT2D eigenvalue weighted by Gasteiger charge is 2.31. The van der Waals surface area contributed by atoms with Gasteiger partial charge in [-0.05, 0) is 65.7 Å². The van der Waals surface area contributed by atoms with Gasteiger partial charge in [0.05, 0.1) is 0 Å². The van der Waals surface area contributed by atoms with Gasteiger partial charge in [0.1, 0.15) is 11.5 Å². The number of hydrogen-bond acceptors (Lipinski definition) is 4. The van der Waals surface area contributed by atoms with E-state index >= 15 is 0 Å². The van der Waals surface area contributed by atoms with Crippen molar-refractivity contribution in [2.75, 3.05) is 0 Å². The Morgan fingerprint density at radius 1 is 0.969 bits per heavy atom. The third-order valence-electron chi connectivity index (χ3n) is 5.80. The number of fused-ring (bicyclic) bond motifs is 2. The average Bonchev–Trinajstić information content (AvgIpc) is 2.75. The molecule has 1 unspecified atom stereocenters. The first-order valence-electron chi connectivity index (χ1n) is 11.2. The average molecular weight is 433 g/mol. The summed E-state index contributed by atoms with van der Waals surface area (Å²) in [6.07, 6.45) is 6.84. The minimum absolute atomic E-state index is 0.203. The quantitative estimate of drug-likeness (QED) is 0.205. The Balaban J connectivity index is 2.26. The molecule has 0 spiro atoms. The fourth-order valence-corrected chi connectivity index (χ4v) is 4.24. The molecule has 0 aliphatic heterocycles. The first-order chi connectivity index (χ1) is 15.2. The lowest BCUT2D eigenvalue weighted by Gasteiger charge is -2.30. The molecule has 1 atom stereocenters. The van der Waals surface area contributed by atoms with E-state index in [1.807, 2.05) is 24.3 Å². The van der Waals surface area contributed by atoms with E-state index < -0.39 is 11.9 Å². The van der Waals surface area contributed by atoms with Crippen LogP contribution in [0, 0.1) is 0 Å². The SMILES string of the molecule is C=C(C)C(=O)Oc1c2c(c(OC(=O)C(=C)C)c3ccccc13)C(CCC=C(C)C)CCC2. The van der Waals surface area contributed by atoms with Gasteiger partial charge < -0.3 is 9.47 Å². The monoisotopic (exact) mass is 432 g/mol. The molecule has 4 nitrogen and oxygen atoms in total. The topological polar surface area (TPSA) is 52.6 Å². The van der Waals surface area contributed by atoms with Crippen LogP contribution in [0.5, 0.6) is 11.5 Å². The van der Waals surface area contributed by atoms with Crippen molar-refractivity contribution in [3.05, 3.63) is 71.3 Å². The van der Waals surface area contributed by atoms with Gasteiger partial charge in [0.15, 0.2) is 0 Å². The molecule has 3 rings (SSSR count). The Bertz CT molecular complexity index is 1120. The van der Waals surface area contributed by atoms with Gasteiger partial charge in [0, 0.05) is 33.0 Å². The molecule has 0 saturated carbocycles. The molecule has 0 fully saturated rings. The number of hydrogen-bond donors (Lipinski definition) is 0. The highest BCUT2D eigenvalue weighted by atomic mass is 16.5. The Morgan fingerprint density at radius 3 is 2.09 bits per heavy atom. The number of allylic oxidation sites excluding steroid dienone is 2. The molecule has 0 heterocycles. The third kappa shape index (κ3) is 5.01. The maximum atomic E-state index is 12.6. The second-order valence-electron chi connectivity index (χ2n) is 8.88. The molecule has 2 aromatic rings. The lowest BCUT2D eigenvalue weighted by molar-refractivity contribution is -0.131. The van der Waals surface area contributed by atoms with Gasteiger partial charge in [0.2, 0.25) is 0 Å². The summed E-state index contributed by atoms with van der Waals surface area (Å²) in [5, 5.41) is 1.52. The molecule has 0 saturated heterocycles. The number of esters is 2. The number of rotatable bonds is 7. The first-order valence-corrected chi connectivity index (χ1v) is 11.2. The van der Waals surface area contributed by atoms with Crippen LogP contribution in [0.3, 0.4) is 0 Å². The van der Waals surface area contributed by atoms with E-state index in [2.05, 4.69) is 33.1 Å². The van der Waals surface area contributed by atoms with E-state index in [9.17, 15) is 9.59 Å². The van der Waals surface area contributed by atoms with Crippen molar-refractivity contribution in [1.29, 1.82) is 0 Å². The normalized spacial score (nSPS) is 14.9. The zero-order valence-corrected chi connectivity index (χ0v) is 19.5. The third-order valence-corrected chi connectivity index (χ3v) is 5.80. The maximum Gasteiger partial charge on any atom is 0.338 e. The van der Waals surface area contributed by atoms with Crippen LogP contribution in [-0.2, 0) is 16.0 Å². The summed E-state index contributed by atoms with van der Waals surface area (Å²) in [7, 11) is 0. The fraction of sp³-hybridized carbons (Fsp3) is 0.357. The van der Waals surface area contributed by atoms with E-state index in [1.165, 1.54) is 5.57 Å². The largest absolute Gasteiger partial charge is 0.422 e. The molecule has 0 amide bonds. The molecule has 2 aromatic carbocycles. The maximum absolute atomic E-state index is 12.6. The van der Waals surface area contributed by atoms with Crippen LogP contribution < -0.4 is 9.47 Å². The molecular formula is C28H32O4. The Hall–Kier alpha value is -3.14. The van der Waals surface area contributed by atoms with Gasteiger partial charge in [-0.25, -0.2) is 9.59 Å². The fourth-order valence-electron chi connectivity index (χ4n) is 4.24. The molecule has 0 bridgehead atoms. The Morgan fingerprint density at radius 2 is 1.53 bits per heavy atom. The van der Waals surface area contributed by atoms with Crippen LogP contribution in [0.2, 0.25) is 0 Å². The Labute approximate surface area is 190 Å². The highest BCUT2D eigenvalue weighted by Crippen LogP contribution is 2.49. The summed E-state index contributed by atoms with van der Waals surface area (Å²) < 4.78 is 11.8.